The molecule has 2 aromatic heterocycles. The number of nitrogens with zero attached hydrogens (tertiary/aromatic N) is 3. The fourth-order valence-electron chi connectivity index (χ4n) is 3.68. The minimum Gasteiger partial charge on any atom is -0.444 e. The van der Waals surface area contributed by atoms with Gasteiger partial charge in [-0.25, -0.2) is 9.78 Å². The number of pyridine rings is 1. The predicted octanol–water partition coefficient (Wildman–Crippen LogP) is 4.12. The molecule has 2 heterocycles. The van der Waals surface area contributed by atoms with E-state index in [1.54, 1.807) is 0 Å². The Labute approximate surface area is 161 Å². The Morgan fingerprint density at radius 2 is 2.00 bits per heavy atom. The molecule has 1 fully saturated rings. The van der Waals surface area contributed by atoms with E-state index in [-0.39, 0.29) is 0 Å². The second-order valence-electron chi connectivity index (χ2n) is 8.60. The Hall–Kier alpha value is -2.08. The summed E-state index contributed by atoms with van der Waals surface area (Å²) < 4.78 is 7.30. The Morgan fingerprint density at radius 1 is 1.26 bits per heavy atom. The van der Waals surface area contributed by atoms with Crippen LogP contribution >= 0.6 is 0 Å². The van der Waals surface area contributed by atoms with Crippen molar-refractivity contribution in [3.05, 3.63) is 35.8 Å². The van der Waals surface area contributed by atoms with E-state index in [1.165, 1.54) is 37.7 Å². The molecule has 0 atom stereocenters. The molecule has 1 N–H and O–H groups in total. The monoisotopic (exact) mass is 372 g/mol. The highest BCUT2D eigenvalue weighted by atomic mass is 16.6. The fraction of sp³-hybridized carbons (Fsp3) is 0.619. The maximum Gasteiger partial charge on any atom is 0.407 e. The summed E-state index contributed by atoms with van der Waals surface area (Å²) in [7, 11) is 2.23. The summed E-state index contributed by atoms with van der Waals surface area (Å²) in [6.45, 7) is 6.86. The lowest BCUT2D eigenvalue weighted by Gasteiger charge is -2.31. The van der Waals surface area contributed by atoms with Crippen molar-refractivity contribution in [3.8, 4) is 0 Å². The number of nitrogens with one attached hydrogen (secondary N) is 1. The molecule has 0 saturated heterocycles. The van der Waals surface area contributed by atoms with Crippen LogP contribution in [0.4, 0.5) is 4.79 Å². The average Bonchev–Trinajstić information content (AvgIpc) is 3.01. The highest BCUT2D eigenvalue weighted by molar-refractivity contribution is 5.67. The second-order valence-corrected chi connectivity index (χ2v) is 8.60. The molecule has 0 aromatic carbocycles. The molecule has 148 valence electrons. The molecule has 6 heteroatoms. The number of carbonyl (C=O) groups excluding carboxylic acids is 1. The number of fused-ring (bicyclic) bond motifs is 1. The molecule has 1 aliphatic carbocycles. The van der Waals surface area contributed by atoms with Gasteiger partial charge in [0.1, 0.15) is 11.2 Å². The molecule has 1 aliphatic rings. The van der Waals surface area contributed by atoms with Gasteiger partial charge in [-0.15, -0.1) is 0 Å². The van der Waals surface area contributed by atoms with Crippen molar-refractivity contribution in [2.24, 2.45) is 0 Å². The van der Waals surface area contributed by atoms with Gasteiger partial charge in [-0.1, -0.05) is 25.3 Å². The van der Waals surface area contributed by atoms with Crippen LogP contribution in [0.2, 0.25) is 0 Å². The SMILES string of the molecule is CN(Cc1ccc2nc(CNC(=O)OC(C)(C)C)cn2c1)C1CCCCC1. The molecule has 1 saturated carbocycles. The predicted molar refractivity (Wildman–Crippen MR) is 107 cm³/mol. The van der Waals surface area contributed by atoms with Gasteiger partial charge >= 0.3 is 6.09 Å². The highest BCUT2D eigenvalue weighted by Gasteiger charge is 2.18. The Bertz CT molecular complexity index is 772. The molecular formula is C21H32N4O2. The molecule has 0 radical (unpaired) electrons. The minimum atomic E-state index is -0.498. The normalized spacial score (nSPS) is 16.0. The van der Waals surface area contributed by atoms with Crippen LogP contribution in [-0.4, -0.2) is 39.1 Å². The quantitative estimate of drug-likeness (QED) is 0.857. The summed E-state index contributed by atoms with van der Waals surface area (Å²) in [4.78, 5) is 18.8. The van der Waals surface area contributed by atoms with E-state index >= 15 is 0 Å². The lowest BCUT2D eigenvalue weighted by molar-refractivity contribution is 0.0523. The molecule has 2 aromatic rings. The van der Waals surface area contributed by atoms with Crippen molar-refractivity contribution in [1.82, 2.24) is 19.6 Å². The Morgan fingerprint density at radius 3 is 2.70 bits per heavy atom. The van der Waals surface area contributed by atoms with Gasteiger partial charge < -0.3 is 14.5 Å². The number of carbonyl (C=O) groups is 1. The maximum absolute atomic E-state index is 11.8. The zero-order valence-corrected chi connectivity index (χ0v) is 17.0. The van der Waals surface area contributed by atoms with Crippen molar-refractivity contribution in [2.45, 2.75) is 77.6 Å². The summed E-state index contributed by atoms with van der Waals surface area (Å²) in [5.41, 5.74) is 2.49. The number of rotatable bonds is 5. The van der Waals surface area contributed by atoms with Gasteiger partial charge in [0.25, 0.3) is 0 Å². The first-order valence-electron chi connectivity index (χ1n) is 9.94. The molecule has 3 rings (SSSR count). The third-order valence-electron chi connectivity index (χ3n) is 5.00. The van der Waals surface area contributed by atoms with Gasteiger partial charge in [0.15, 0.2) is 0 Å². The molecule has 0 aliphatic heterocycles. The number of hydrogen-bond donors (Lipinski definition) is 1. The van der Waals surface area contributed by atoms with Gasteiger partial charge in [-0.05, 0) is 52.3 Å². The molecule has 0 spiro atoms. The number of alkyl carbamates (subject to hydrolysis) is 1. The van der Waals surface area contributed by atoms with Crippen LogP contribution in [0.15, 0.2) is 24.5 Å². The smallest absolute Gasteiger partial charge is 0.407 e. The second kappa shape index (κ2) is 8.30. The van der Waals surface area contributed by atoms with E-state index in [0.29, 0.717) is 12.6 Å². The van der Waals surface area contributed by atoms with Crippen molar-refractivity contribution < 1.29 is 9.53 Å². The zero-order chi connectivity index (χ0) is 19.4. The van der Waals surface area contributed by atoms with Crippen LogP contribution in [0.1, 0.15) is 64.1 Å². The van der Waals surface area contributed by atoms with Gasteiger partial charge in [0.2, 0.25) is 0 Å². The van der Waals surface area contributed by atoms with Crippen LogP contribution in [0, 0.1) is 0 Å². The first-order valence-corrected chi connectivity index (χ1v) is 9.94. The van der Waals surface area contributed by atoms with Crippen LogP contribution in [0.3, 0.4) is 0 Å². The van der Waals surface area contributed by atoms with E-state index in [9.17, 15) is 4.79 Å². The van der Waals surface area contributed by atoms with Crippen LogP contribution in [0.5, 0.6) is 0 Å². The van der Waals surface area contributed by atoms with E-state index in [0.717, 1.165) is 17.9 Å². The first kappa shape index (κ1) is 19.7. The Balaban J connectivity index is 1.60. The van der Waals surface area contributed by atoms with Crippen molar-refractivity contribution in [3.63, 3.8) is 0 Å². The number of imidazole rings is 1. The lowest BCUT2D eigenvalue weighted by Crippen LogP contribution is -2.32. The maximum atomic E-state index is 11.8. The summed E-state index contributed by atoms with van der Waals surface area (Å²) in [6.07, 6.45) is 10.4. The van der Waals surface area contributed by atoms with Crippen LogP contribution < -0.4 is 5.32 Å². The summed E-state index contributed by atoms with van der Waals surface area (Å²) >= 11 is 0. The molecule has 1 amide bonds. The van der Waals surface area contributed by atoms with E-state index in [4.69, 9.17) is 4.74 Å². The third kappa shape index (κ3) is 5.70. The largest absolute Gasteiger partial charge is 0.444 e. The Kier molecular flexibility index (Phi) is 6.05. The van der Waals surface area contributed by atoms with E-state index < -0.39 is 11.7 Å². The summed E-state index contributed by atoms with van der Waals surface area (Å²) in [5, 5.41) is 2.76. The van der Waals surface area contributed by atoms with E-state index in [1.807, 2.05) is 37.4 Å². The first-order chi connectivity index (χ1) is 12.8. The fourth-order valence-corrected chi connectivity index (χ4v) is 3.68. The lowest BCUT2D eigenvalue weighted by atomic mass is 9.94. The van der Waals surface area contributed by atoms with Crippen LogP contribution in [-0.2, 0) is 17.8 Å². The van der Waals surface area contributed by atoms with Gasteiger partial charge in [-0.3, -0.25) is 4.90 Å². The standard InChI is InChI=1S/C21H32N4O2/c1-21(2,3)27-20(26)22-12-17-15-25-14-16(10-11-19(25)23-17)13-24(4)18-8-6-5-7-9-18/h10-11,14-15,18H,5-9,12-13H2,1-4H3,(H,22,26). The summed E-state index contributed by atoms with van der Waals surface area (Å²) in [5.74, 6) is 0. The third-order valence-corrected chi connectivity index (χ3v) is 5.00. The van der Waals surface area contributed by atoms with E-state index in [2.05, 4.69) is 34.5 Å². The van der Waals surface area contributed by atoms with Crippen molar-refractivity contribution >= 4 is 11.7 Å². The highest BCUT2D eigenvalue weighted by Crippen LogP contribution is 2.23. The summed E-state index contributed by atoms with van der Waals surface area (Å²) in [6, 6.07) is 4.89. The van der Waals surface area contributed by atoms with Crippen molar-refractivity contribution in [2.75, 3.05) is 7.05 Å². The molecule has 0 bridgehead atoms. The topological polar surface area (TPSA) is 58.9 Å². The number of amides is 1. The van der Waals surface area contributed by atoms with Crippen LogP contribution in [0.25, 0.3) is 5.65 Å². The zero-order valence-electron chi connectivity index (χ0n) is 17.0. The average molecular weight is 373 g/mol. The van der Waals surface area contributed by atoms with Crippen molar-refractivity contribution in [1.29, 1.82) is 0 Å². The molecule has 6 nitrogen and oxygen atoms in total. The minimum absolute atomic E-state index is 0.355. The van der Waals surface area contributed by atoms with Gasteiger partial charge in [-0.2, -0.15) is 0 Å². The van der Waals surface area contributed by atoms with Gasteiger partial charge in [0.05, 0.1) is 12.2 Å². The molecule has 27 heavy (non-hydrogen) atoms. The van der Waals surface area contributed by atoms with Gasteiger partial charge in [0, 0.05) is 25.0 Å². The number of aromatic nitrogens is 2. The molecule has 0 unspecified atom stereocenters. The molecular weight excluding hydrogens is 340 g/mol. The number of ether oxygens (including phenoxy) is 1. The number of hydrogen-bond acceptors (Lipinski definition) is 4.